The highest BCUT2D eigenvalue weighted by molar-refractivity contribution is 5.98. The molecule has 0 spiro atoms. The molecule has 25 nitrogen and oxygen atoms in total. The number of guanidine groups is 1. The molecule has 2 aliphatic heterocycles. The Hall–Kier alpha value is -8.87. The number of nitrogens with one attached hydrogen (secondary N) is 6. The maximum atomic E-state index is 14.9. The number of likely N-dealkylation sites (N-methyl/N-ethyl adjacent to an activating group) is 1. The van der Waals surface area contributed by atoms with E-state index < -0.39 is 114 Å². The second kappa shape index (κ2) is 33.2. The SMILES string of the molecule is CN1C(=O)CNC(=O)[C@H](N[C@@H](Cc2ccc(O)cc2)C(=O)O)CCCC/C=C\CC[C@@H](C(=O)N2CCC[C@H]2C(=O)N[C@@H](CCC(N)=O)C(=O)N[C@@H](CCCN=C(N)N)C(=O)N[C@@H](Cc2ccccc2)C(N)=O)NC(=O)[C@@H]1Cc1ccccc1. The van der Waals surface area contributed by atoms with Crippen LogP contribution in [0.5, 0.6) is 5.75 Å². The van der Waals surface area contributed by atoms with Crippen molar-refractivity contribution in [2.75, 3.05) is 26.7 Å². The maximum Gasteiger partial charge on any atom is 0.321 e. The molecule has 3 aromatic carbocycles. The first-order chi connectivity index (χ1) is 39.7. The molecule has 2 aliphatic rings. The number of carboxylic acids is 1. The molecule has 3 aromatic rings. The number of carbonyl (C=O) groups excluding carboxylic acids is 9. The molecule has 83 heavy (non-hydrogen) atoms. The molecule has 16 N–H and O–H groups in total. The lowest BCUT2D eigenvalue weighted by Crippen LogP contribution is -2.60. The quantitative estimate of drug-likeness (QED) is 0.0231. The summed E-state index contributed by atoms with van der Waals surface area (Å²) >= 11 is 0. The summed E-state index contributed by atoms with van der Waals surface area (Å²) in [6.07, 6.45) is 5.94. The summed E-state index contributed by atoms with van der Waals surface area (Å²) in [4.78, 5) is 143. The van der Waals surface area contributed by atoms with Gasteiger partial charge in [-0.05, 0) is 99.5 Å². The van der Waals surface area contributed by atoms with E-state index in [1.807, 2.05) is 12.2 Å². The van der Waals surface area contributed by atoms with Crippen LogP contribution in [0.15, 0.2) is 102 Å². The van der Waals surface area contributed by atoms with Crippen molar-refractivity contribution in [2.45, 2.75) is 145 Å². The minimum absolute atomic E-state index is 0.000225. The lowest BCUT2D eigenvalue weighted by Gasteiger charge is -2.32. The van der Waals surface area contributed by atoms with Crippen LogP contribution in [-0.4, -0.2) is 160 Å². The second-order valence-electron chi connectivity index (χ2n) is 20.7. The van der Waals surface area contributed by atoms with Crippen LogP contribution >= 0.6 is 0 Å². The van der Waals surface area contributed by atoms with Gasteiger partial charge >= 0.3 is 5.97 Å². The summed E-state index contributed by atoms with van der Waals surface area (Å²) in [7, 11) is 1.39. The number of likely N-dealkylation sites (tertiary alicyclic amines) is 1. The van der Waals surface area contributed by atoms with Gasteiger partial charge in [0, 0.05) is 39.4 Å². The Morgan fingerprint density at radius 3 is 1.95 bits per heavy atom. The third kappa shape index (κ3) is 21.5. The minimum Gasteiger partial charge on any atom is -0.508 e. The van der Waals surface area contributed by atoms with E-state index in [0.29, 0.717) is 42.4 Å². The highest BCUT2D eigenvalue weighted by Crippen LogP contribution is 2.22. The Balaban J connectivity index is 1.36. The Kier molecular flexibility index (Phi) is 25.9. The number of nitrogens with zero attached hydrogens (tertiary/aromatic N) is 3. The zero-order valence-electron chi connectivity index (χ0n) is 46.7. The van der Waals surface area contributed by atoms with E-state index in [2.05, 4.69) is 36.9 Å². The van der Waals surface area contributed by atoms with Gasteiger partial charge in [0.05, 0.1) is 12.6 Å². The number of rotatable bonds is 24. The average Bonchev–Trinajstić information content (AvgIpc) is 4.25. The Morgan fingerprint density at radius 1 is 0.699 bits per heavy atom. The highest BCUT2D eigenvalue weighted by atomic mass is 16.4. The third-order valence-corrected chi connectivity index (χ3v) is 14.4. The largest absolute Gasteiger partial charge is 0.508 e. The molecule has 1 fully saturated rings. The molecule has 0 aromatic heterocycles. The molecule has 25 heteroatoms. The smallest absolute Gasteiger partial charge is 0.321 e. The van der Waals surface area contributed by atoms with Gasteiger partial charge in [-0.25, -0.2) is 0 Å². The number of primary amides is 2. The Labute approximate surface area is 482 Å². The van der Waals surface area contributed by atoms with Crippen molar-refractivity contribution in [3.05, 3.63) is 114 Å². The number of amides is 9. The van der Waals surface area contributed by atoms with Gasteiger partial charge in [0.15, 0.2) is 5.96 Å². The lowest BCUT2D eigenvalue weighted by molar-refractivity contribution is -0.144. The van der Waals surface area contributed by atoms with Crippen molar-refractivity contribution >= 4 is 65.1 Å². The molecule has 9 amide bonds. The molecule has 2 heterocycles. The predicted molar refractivity (Wildman–Crippen MR) is 307 cm³/mol. The fraction of sp³-hybridized carbons (Fsp3) is 0.466. The van der Waals surface area contributed by atoms with Crippen molar-refractivity contribution in [3.8, 4) is 5.75 Å². The number of allylic oxidation sites excluding steroid dienone is 2. The molecule has 0 radical (unpaired) electrons. The fourth-order valence-electron chi connectivity index (χ4n) is 9.80. The standard InChI is InChI=1S/C58H79N13O12/c1-70-47(34-37-18-10-7-11-19-37)55(80)68-43(21-13-5-3-2-4-12-20-40(51(76)64-35-49(70)74)65-45(57(82)83)33-38-24-26-39(72)27-25-38)56(81)71-31-15-23-46(71)54(79)67-42(28-29-48(59)73)53(78)66-41(22-14-30-63-58(61)62)52(77)69-44(50(60)75)32-36-16-8-6-9-17-36/h3,5-11,16-19,24-27,40-47,65,72H,2,4,12-15,20-23,28-35H2,1H3,(H2,59,73)(H2,60,75)(H,64,76)(H,66,78)(H,67,79)(H,68,80)(H,69,77)(H,82,83)(H4,61,62,63)/b5-3-/t40-,41+,42+,43+,44+,45+,46+,47+/m1/s1. The van der Waals surface area contributed by atoms with E-state index in [1.54, 1.807) is 72.8 Å². The average molecular weight is 1150 g/mol. The highest BCUT2D eigenvalue weighted by Gasteiger charge is 2.41. The maximum absolute atomic E-state index is 14.9. The number of hydrogen-bond acceptors (Lipinski definition) is 13. The van der Waals surface area contributed by atoms with Gasteiger partial charge in [0.2, 0.25) is 53.2 Å². The second-order valence-corrected chi connectivity index (χ2v) is 20.7. The lowest BCUT2D eigenvalue weighted by atomic mass is 10.0. The number of aliphatic imine (C=N–C) groups is 1. The number of carboxylic acid groups (broad SMARTS) is 1. The number of phenolic OH excluding ortho intramolecular Hbond substituents is 1. The summed E-state index contributed by atoms with van der Waals surface area (Å²) in [6, 6.07) is 13.9. The van der Waals surface area contributed by atoms with Crippen LogP contribution in [0, 0.1) is 0 Å². The molecule has 0 aliphatic carbocycles. The number of benzene rings is 3. The Morgan fingerprint density at radius 2 is 1.31 bits per heavy atom. The molecule has 1 saturated heterocycles. The van der Waals surface area contributed by atoms with Crippen molar-refractivity contribution in [1.29, 1.82) is 0 Å². The molecule has 0 unspecified atom stereocenters. The first-order valence-electron chi connectivity index (χ1n) is 27.9. The van der Waals surface area contributed by atoms with Crippen molar-refractivity contribution in [1.82, 2.24) is 41.7 Å². The molecule has 0 saturated carbocycles. The summed E-state index contributed by atoms with van der Waals surface area (Å²) < 4.78 is 0. The van der Waals surface area contributed by atoms with Crippen molar-refractivity contribution < 1.29 is 58.2 Å². The van der Waals surface area contributed by atoms with Crippen molar-refractivity contribution in [2.24, 2.45) is 27.9 Å². The Bertz CT molecular complexity index is 2760. The number of aliphatic carboxylic acids is 1. The zero-order chi connectivity index (χ0) is 60.4. The molecule has 5 rings (SSSR count). The summed E-state index contributed by atoms with van der Waals surface area (Å²) in [5.74, 6) is -8.06. The van der Waals surface area contributed by atoms with E-state index >= 15 is 0 Å². The molecule has 8 atom stereocenters. The first-order valence-corrected chi connectivity index (χ1v) is 27.9. The van der Waals surface area contributed by atoms with E-state index in [-0.39, 0.29) is 95.4 Å². The normalized spacial score (nSPS) is 20.1. The molecular formula is C58H79N13O12. The number of carbonyl (C=O) groups is 10. The zero-order valence-corrected chi connectivity index (χ0v) is 46.7. The fourth-order valence-corrected chi connectivity index (χ4v) is 9.80. The van der Waals surface area contributed by atoms with Crippen LogP contribution in [0.3, 0.4) is 0 Å². The van der Waals surface area contributed by atoms with Gasteiger partial charge in [-0.15, -0.1) is 0 Å². The van der Waals surface area contributed by atoms with Crippen LogP contribution in [-0.2, 0) is 67.2 Å². The van der Waals surface area contributed by atoms with Crippen LogP contribution in [0.25, 0.3) is 0 Å². The predicted octanol–water partition coefficient (Wildman–Crippen LogP) is -0.580. The van der Waals surface area contributed by atoms with Gasteiger partial charge in [-0.1, -0.05) is 91.4 Å². The number of phenols is 1. The number of hydrogen-bond donors (Lipinski definition) is 12. The van der Waals surface area contributed by atoms with Gasteiger partial charge in [0.1, 0.15) is 48.0 Å². The molecular weight excluding hydrogens is 1070 g/mol. The van der Waals surface area contributed by atoms with Gasteiger partial charge in [0.25, 0.3) is 0 Å². The number of aromatic hydroxyl groups is 1. The van der Waals surface area contributed by atoms with Crippen LogP contribution in [0.4, 0.5) is 0 Å². The third-order valence-electron chi connectivity index (χ3n) is 14.4. The van der Waals surface area contributed by atoms with Gasteiger partial charge in [-0.2, -0.15) is 0 Å². The van der Waals surface area contributed by atoms with E-state index in [4.69, 9.17) is 22.9 Å². The van der Waals surface area contributed by atoms with Gasteiger partial charge < -0.3 is 69.5 Å². The van der Waals surface area contributed by atoms with Crippen LogP contribution in [0.1, 0.15) is 93.7 Å². The van der Waals surface area contributed by atoms with E-state index in [9.17, 15) is 58.2 Å². The van der Waals surface area contributed by atoms with Crippen molar-refractivity contribution in [3.63, 3.8) is 0 Å². The van der Waals surface area contributed by atoms with E-state index in [0.717, 1.165) is 0 Å². The van der Waals surface area contributed by atoms with Crippen LogP contribution < -0.4 is 54.8 Å². The topological polar surface area (TPSA) is 406 Å². The first kappa shape index (κ1) is 64.9. The minimum atomic E-state index is -1.46. The molecule has 448 valence electrons. The summed E-state index contributed by atoms with van der Waals surface area (Å²) in [5, 5.41) is 36.3. The molecule has 0 bridgehead atoms. The van der Waals surface area contributed by atoms with Crippen LogP contribution in [0.2, 0.25) is 0 Å². The summed E-state index contributed by atoms with van der Waals surface area (Å²) in [5.41, 5.74) is 24.2. The number of nitrogens with two attached hydrogens (primary N) is 4. The van der Waals surface area contributed by atoms with Gasteiger partial charge in [-0.3, -0.25) is 58.3 Å². The van der Waals surface area contributed by atoms with E-state index in [1.165, 1.54) is 29.0 Å². The monoisotopic (exact) mass is 1150 g/mol. The summed E-state index contributed by atoms with van der Waals surface area (Å²) in [6.45, 7) is -0.402.